The number of β-lactam (4-membered cyclic amide) rings is 1. The Morgan fingerprint density at radius 2 is 1.48 bits per heavy atom. The molecule has 160 valence electrons. The first-order valence-corrected chi connectivity index (χ1v) is 10.3. The number of para-hydroxylation sites is 1. The highest BCUT2D eigenvalue weighted by Crippen LogP contribution is 2.44. The molecular weight excluding hydrogens is 390 g/mol. The van der Waals surface area contributed by atoms with E-state index >= 15 is 0 Å². The molecule has 31 heavy (non-hydrogen) atoms. The summed E-state index contributed by atoms with van der Waals surface area (Å²) >= 11 is 0. The molecule has 1 aliphatic heterocycles. The molecule has 2 atom stereocenters. The van der Waals surface area contributed by atoms with Crippen LogP contribution in [0.2, 0.25) is 0 Å². The highest BCUT2D eigenvalue weighted by molar-refractivity contribution is 6.05. The van der Waals surface area contributed by atoms with Gasteiger partial charge in [-0.3, -0.25) is 9.69 Å². The lowest BCUT2D eigenvalue weighted by molar-refractivity contribution is -0.135. The Bertz CT molecular complexity index is 1120. The van der Waals surface area contributed by atoms with Crippen LogP contribution in [0, 0.1) is 20.8 Å². The van der Waals surface area contributed by atoms with Gasteiger partial charge < -0.3 is 14.2 Å². The van der Waals surface area contributed by atoms with Crippen molar-refractivity contribution in [3.05, 3.63) is 82.9 Å². The van der Waals surface area contributed by atoms with Gasteiger partial charge in [0.05, 0.1) is 14.2 Å². The van der Waals surface area contributed by atoms with Crippen molar-refractivity contribution in [1.82, 2.24) is 0 Å². The van der Waals surface area contributed by atoms with Crippen molar-refractivity contribution in [2.45, 2.75) is 32.9 Å². The summed E-state index contributed by atoms with van der Waals surface area (Å²) in [6, 6.07) is 19.3. The largest absolute Gasteiger partial charge is 0.493 e. The number of methoxy groups -OCH3 is 2. The fourth-order valence-corrected chi connectivity index (χ4v) is 3.93. The van der Waals surface area contributed by atoms with Gasteiger partial charge in [0, 0.05) is 5.69 Å². The van der Waals surface area contributed by atoms with Gasteiger partial charge in [-0.15, -0.1) is 0 Å². The summed E-state index contributed by atoms with van der Waals surface area (Å²) in [6.07, 6.45) is -0.624. The predicted octanol–water partition coefficient (Wildman–Crippen LogP) is 5.16. The number of rotatable bonds is 6. The highest BCUT2D eigenvalue weighted by atomic mass is 16.5. The zero-order valence-corrected chi connectivity index (χ0v) is 18.5. The van der Waals surface area contributed by atoms with E-state index in [4.69, 9.17) is 14.2 Å². The first kappa shape index (κ1) is 20.8. The average molecular weight is 418 g/mol. The highest BCUT2D eigenvalue weighted by Gasteiger charge is 2.51. The van der Waals surface area contributed by atoms with Crippen LogP contribution in [-0.4, -0.2) is 26.2 Å². The average Bonchev–Trinajstić information content (AvgIpc) is 2.78. The molecule has 0 spiro atoms. The molecule has 0 unspecified atom stereocenters. The Hall–Kier alpha value is -3.47. The predicted molar refractivity (Wildman–Crippen MR) is 121 cm³/mol. The Kier molecular flexibility index (Phi) is 5.59. The second kappa shape index (κ2) is 8.34. The third-order valence-corrected chi connectivity index (χ3v) is 5.91. The van der Waals surface area contributed by atoms with Gasteiger partial charge >= 0.3 is 0 Å². The Balaban J connectivity index is 1.76. The summed E-state index contributed by atoms with van der Waals surface area (Å²) in [6.45, 7) is 6.09. The monoisotopic (exact) mass is 417 g/mol. The maximum absolute atomic E-state index is 13.3. The summed E-state index contributed by atoms with van der Waals surface area (Å²) in [5.41, 5.74) is 5.10. The molecule has 4 rings (SSSR count). The van der Waals surface area contributed by atoms with Gasteiger partial charge in [0.25, 0.3) is 5.91 Å². The van der Waals surface area contributed by atoms with Crippen LogP contribution in [0.5, 0.6) is 17.2 Å². The molecule has 1 fully saturated rings. The van der Waals surface area contributed by atoms with Crippen LogP contribution in [0.15, 0.2) is 60.7 Å². The Labute approximate surface area is 183 Å². The number of nitrogens with zero attached hydrogens (tertiary/aromatic N) is 1. The standard InChI is InChI=1S/C26H27NO4/c1-16-10-12-20(14-18(16)3)27-24(19-11-13-22(29-4)23(15-19)30-5)25(26(27)28)31-21-9-7-6-8-17(21)2/h6-15,24-25H,1-5H3/t24-,25-/m0/s1. The molecular formula is C26H27NO4. The molecule has 0 aromatic heterocycles. The molecule has 0 radical (unpaired) electrons. The van der Waals surface area contributed by atoms with Gasteiger partial charge in [-0.05, 0) is 73.4 Å². The maximum Gasteiger partial charge on any atom is 0.271 e. The fraction of sp³-hybridized carbons (Fsp3) is 0.269. The molecule has 3 aromatic rings. The van der Waals surface area contributed by atoms with E-state index in [0.29, 0.717) is 17.2 Å². The van der Waals surface area contributed by atoms with Gasteiger partial charge in [0.15, 0.2) is 11.5 Å². The first-order chi connectivity index (χ1) is 14.9. The Morgan fingerprint density at radius 3 is 2.16 bits per heavy atom. The van der Waals surface area contributed by atoms with Crippen molar-refractivity contribution < 1.29 is 19.0 Å². The third-order valence-electron chi connectivity index (χ3n) is 5.91. The van der Waals surface area contributed by atoms with Gasteiger partial charge in [-0.2, -0.15) is 0 Å². The number of aryl methyl sites for hydroxylation is 3. The number of ether oxygens (including phenoxy) is 3. The topological polar surface area (TPSA) is 48.0 Å². The molecule has 5 nitrogen and oxygen atoms in total. The molecule has 0 N–H and O–H groups in total. The number of hydrogen-bond acceptors (Lipinski definition) is 4. The van der Waals surface area contributed by atoms with Gasteiger partial charge in [0.2, 0.25) is 6.10 Å². The first-order valence-electron chi connectivity index (χ1n) is 10.3. The maximum atomic E-state index is 13.3. The molecule has 0 aliphatic carbocycles. The van der Waals surface area contributed by atoms with E-state index < -0.39 is 6.10 Å². The van der Waals surface area contributed by atoms with E-state index in [9.17, 15) is 4.79 Å². The van der Waals surface area contributed by atoms with Gasteiger partial charge in [0.1, 0.15) is 11.8 Å². The molecule has 5 heteroatoms. The molecule has 1 heterocycles. The summed E-state index contributed by atoms with van der Waals surface area (Å²) in [5, 5.41) is 0. The van der Waals surface area contributed by atoms with E-state index in [1.54, 1.807) is 19.1 Å². The minimum absolute atomic E-state index is 0.0636. The lowest BCUT2D eigenvalue weighted by atomic mass is 9.89. The van der Waals surface area contributed by atoms with Crippen LogP contribution in [0.3, 0.4) is 0 Å². The quantitative estimate of drug-likeness (QED) is 0.520. The van der Waals surface area contributed by atoms with Crippen LogP contribution < -0.4 is 19.1 Å². The van der Waals surface area contributed by atoms with Crippen LogP contribution >= 0.6 is 0 Å². The van der Waals surface area contributed by atoms with Crippen molar-refractivity contribution in [1.29, 1.82) is 0 Å². The number of benzene rings is 3. The molecule has 0 bridgehead atoms. The lowest BCUT2D eigenvalue weighted by Crippen LogP contribution is -2.61. The molecule has 0 saturated carbocycles. The van der Waals surface area contributed by atoms with Crippen molar-refractivity contribution >= 4 is 11.6 Å². The van der Waals surface area contributed by atoms with E-state index in [0.717, 1.165) is 22.4 Å². The summed E-state index contributed by atoms with van der Waals surface area (Å²) in [5.74, 6) is 1.91. The number of carbonyl (C=O) groups excluding carboxylic acids is 1. The fourth-order valence-electron chi connectivity index (χ4n) is 3.93. The van der Waals surface area contributed by atoms with Crippen molar-refractivity contribution in [2.75, 3.05) is 19.1 Å². The smallest absolute Gasteiger partial charge is 0.271 e. The molecule has 1 amide bonds. The number of carbonyl (C=O) groups is 1. The number of amides is 1. The minimum Gasteiger partial charge on any atom is -0.493 e. The second-order valence-corrected chi connectivity index (χ2v) is 7.84. The van der Waals surface area contributed by atoms with E-state index in [1.165, 1.54) is 5.56 Å². The zero-order chi connectivity index (χ0) is 22.1. The van der Waals surface area contributed by atoms with Gasteiger partial charge in [-0.1, -0.05) is 30.3 Å². The zero-order valence-electron chi connectivity index (χ0n) is 18.5. The van der Waals surface area contributed by atoms with Crippen molar-refractivity contribution in [2.24, 2.45) is 0 Å². The minimum atomic E-state index is -0.624. The molecule has 3 aromatic carbocycles. The van der Waals surface area contributed by atoms with E-state index in [2.05, 4.69) is 13.8 Å². The molecule has 1 aliphatic rings. The SMILES string of the molecule is COc1ccc([C@H]2[C@H](Oc3ccccc3C)C(=O)N2c2ccc(C)c(C)c2)cc1OC. The van der Waals surface area contributed by atoms with Crippen LogP contribution in [0.25, 0.3) is 0 Å². The molecule has 1 saturated heterocycles. The summed E-state index contributed by atoms with van der Waals surface area (Å²) < 4.78 is 17.1. The van der Waals surface area contributed by atoms with Gasteiger partial charge in [-0.25, -0.2) is 0 Å². The summed E-state index contributed by atoms with van der Waals surface area (Å²) in [4.78, 5) is 15.1. The normalized spacial score (nSPS) is 17.8. The van der Waals surface area contributed by atoms with E-state index in [1.807, 2.05) is 67.6 Å². The Morgan fingerprint density at radius 1 is 0.742 bits per heavy atom. The number of hydrogen-bond donors (Lipinski definition) is 0. The van der Waals surface area contributed by atoms with Crippen LogP contribution in [0.1, 0.15) is 28.3 Å². The van der Waals surface area contributed by atoms with Crippen LogP contribution in [0.4, 0.5) is 5.69 Å². The van der Waals surface area contributed by atoms with Crippen LogP contribution in [-0.2, 0) is 4.79 Å². The lowest BCUT2D eigenvalue weighted by Gasteiger charge is -2.47. The summed E-state index contributed by atoms with van der Waals surface area (Å²) in [7, 11) is 3.21. The van der Waals surface area contributed by atoms with Crippen molar-refractivity contribution in [3.63, 3.8) is 0 Å². The second-order valence-electron chi connectivity index (χ2n) is 7.84. The van der Waals surface area contributed by atoms with E-state index in [-0.39, 0.29) is 11.9 Å². The van der Waals surface area contributed by atoms with Crippen molar-refractivity contribution in [3.8, 4) is 17.2 Å². The third kappa shape index (κ3) is 3.72. The number of anilines is 1.